The number of ether oxygens (including phenoxy) is 4. The van der Waals surface area contributed by atoms with Gasteiger partial charge in [0.15, 0.2) is 6.29 Å². The molecular formula is C26H29FO6. The number of benzene rings is 2. The fraction of sp³-hybridized carbons (Fsp3) is 0.423. The highest BCUT2D eigenvalue weighted by Gasteiger charge is 2.50. The lowest BCUT2D eigenvalue weighted by Gasteiger charge is -2.30. The molecule has 4 rings (SSSR count). The van der Waals surface area contributed by atoms with Crippen LogP contribution in [0.4, 0.5) is 4.39 Å². The average Bonchev–Trinajstić information content (AvgIpc) is 3.29. The van der Waals surface area contributed by atoms with Crippen molar-refractivity contribution in [1.82, 2.24) is 0 Å². The monoisotopic (exact) mass is 456 g/mol. The zero-order chi connectivity index (χ0) is 23.8. The minimum Gasteiger partial charge on any atom is -0.488 e. The molecule has 2 aromatic carbocycles. The molecule has 33 heavy (non-hydrogen) atoms. The largest absolute Gasteiger partial charge is 0.488 e. The van der Waals surface area contributed by atoms with Crippen molar-refractivity contribution in [2.45, 2.75) is 65.1 Å². The molecule has 0 N–H and O–H groups in total. The Morgan fingerprint density at radius 1 is 1.06 bits per heavy atom. The number of hydrogen-bond acceptors (Lipinski definition) is 6. The summed E-state index contributed by atoms with van der Waals surface area (Å²) in [6, 6.07) is 9.84. The Morgan fingerprint density at radius 3 is 2.48 bits per heavy atom. The van der Waals surface area contributed by atoms with Crippen molar-refractivity contribution < 1.29 is 32.5 Å². The maximum absolute atomic E-state index is 13.9. The molecule has 7 heteroatoms. The van der Waals surface area contributed by atoms with Crippen LogP contribution in [-0.2, 0) is 32.0 Å². The number of halogens is 1. The summed E-state index contributed by atoms with van der Waals surface area (Å²) >= 11 is 0. The molecule has 0 atom stereocenters. The summed E-state index contributed by atoms with van der Waals surface area (Å²) in [5.41, 5.74) is 1.86. The van der Waals surface area contributed by atoms with E-state index in [1.807, 2.05) is 45.9 Å². The van der Waals surface area contributed by atoms with E-state index >= 15 is 0 Å². The summed E-state index contributed by atoms with van der Waals surface area (Å²) < 4.78 is 43.0. The summed E-state index contributed by atoms with van der Waals surface area (Å²) in [7, 11) is 0. The fourth-order valence-corrected chi connectivity index (χ4v) is 3.74. The Kier molecular flexibility index (Phi) is 6.20. The number of carbonyl (C=O) groups is 1. The maximum atomic E-state index is 13.9. The highest BCUT2D eigenvalue weighted by molar-refractivity contribution is 5.81. The third-order valence-corrected chi connectivity index (χ3v) is 6.21. The number of carbonyl (C=O) groups excluding carboxylic acids is 1. The van der Waals surface area contributed by atoms with Crippen LogP contribution in [0.5, 0.6) is 5.75 Å². The lowest BCUT2D eigenvalue weighted by atomic mass is 9.90. The van der Waals surface area contributed by atoms with E-state index in [1.54, 1.807) is 13.2 Å². The second kappa shape index (κ2) is 8.80. The molecule has 2 heterocycles. The van der Waals surface area contributed by atoms with Crippen LogP contribution in [-0.4, -0.2) is 23.8 Å². The summed E-state index contributed by atoms with van der Waals surface area (Å²) in [5.74, 6) is -0.537. The number of fused-ring (bicyclic) bond motifs is 1. The highest BCUT2D eigenvalue weighted by Crippen LogP contribution is 2.46. The minimum absolute atomic E-state index is 0.00336. The van der Waals surface area contributed by atoms with Crippen molar-refractivity contribution in [3.05, 3.63) is 65.2 Å². The van der Waals surface area contributed by atoms with E-state index in [4.69, 9.17) is 23.4 Å². The summed E-state index contributed by atoms with van der Waals surface area (Å²) in [4.78, 5) is 11.9. The number of hydrogen-bond donors (Lipinski definition) is 0. The van der Waals surface area contributed by atoms with Gasteiger partial charge in [0.2, 0.25) is 0 Å². The Morgan fingerprint density at radius 2 is 1.79 bits per heavy atom. The summed E-state index contributed by atoms with van der Waals surface area (Å²) in [5, 5.41) is 0.881. The molecule has 1 saturated heterocycles. The van der Waals surface area contributed by atoms with Gasteiger partial charge in [-0.3, -0.25) is 4.79 Å². The molecule has 0 bridgehead atoms. The van der Waals surface area contributed by atoms with Gasteiger partial charge >= 0.3 is 5.97 Å². The Hall–Kier alpha value is -2.90. The van der Waals surface area contributed by atoms with Crippen LogP contribution < -0.4 is 4.74 Å². The van der Waals surface area contributed by atoms with Gasteiger partial charge in [0.1, 0.15) is 23.8 Å². The molecule has 0 spiro atoms. The molecule has 1 aliphatic rings. The van der Waals surface area contributed by atoms with Gasteiger partial charge in [-0.05, 0) is 64.4 Å². The summed E-state index contributed by atoms with van der Waals surface area (Å²) in [6.45, 7) is 10.2. The first-order chi connectivity index (χ1) is 15.6. The third-order valence-electron chi connectivity index (χ3n) is 6.21. The zero-order valence-electron chi connectivity index (χ0n) is 19.6. The molecule has 0 unspecified atom stereocenters. The lowest BCUT2D eigenvalue weighted by Crippen LogP contribution is -2.41. The van der Waals surface area contributed by atoms with Crippen LogP contribution in [0.2, 0.25) is 0 Å². The van der Waals surface area contributed by atoms with E-state index in [2.05, 4.69) is 0 Å². The van der Waals surface area contributed by atoms with Crippen LogP contribution in [0.15, 0.2) is 47.1 Å². The smallest absolute Gasteiger partial charge is 0.310 e. The van der Waals surface area contributed by atoms with Crippen molar-refractivity contribution in [3.8, 4) is 5.75 Å². The molecule has 6 nitrogen and oxygen atoms in total. The average molecular weight is 457 g/mol. The van der Waals surface area contributed by atoms with Gasteiger partial charge in [-0.2, -0.15) is 0 Å². The van der Waals surface area contributed by atoms with E-state index in [0.717, 1.165) is 16.5 Å². The molecule has 1 fully saturated rings. The Balaban J connectivity index is 1.60. The van der Waals surface area contributed by atoms with Gasteiger partial charge in [0.05, 0.1) is 36.1 Å². The van der Waals surface area contributed by atoms with Gasteiger partial charge < -0.3 is 23.4 Å². The topological polar surface area (TPSA) is 67.1 Å². The predicted octanol–water partition coefficient (Wildman–Crippen LogP) is 5.86. The molecule has 1 aliphatic heterocycles. The first kappa shape index (κ1) is 23.3. The molecule has 3 aromatic rings. The van der Waals surface area contributed by atoms with Gasteiger partial charge in [0.25, 0.3) is 0 Å². The van der Waals surface area contributed by atoms with E-state index in [0.29, 0.717) is 16.9 Å². The normalized spacial score (nSPS) is 17.4. The highest BCUT2D eigenvalue weighted by atomic mass is 19.1. The fourth-order valence-electron chi connectivity index (χ4n) is 3.74. The number of esters is 1. The number of rotatable bonds is 7. The van der Waals surface area contributed by atoms with Crippen molar-refractivity contribution in [2.24, 2.45) is 0 Å². The zero-order valence-corrected chi connectivity index (χ0v) is 19.6. The van der Waals surface area contributed by atoms with Crippen molar-refractivity contribution in [3.63, 3.8) is 0 Å². The molecule has 0 aliphatic carbocycles. The van der Waals surface area contributed by atoms with E-state index < -0.39 is 29.3 Å². The Labute approximate surface area is 192 Å². The third kappa shape index (κ3) is 4.75. The van der Waals surface area contributed by atoms with Crippen molar-refractivity contribution in [1.29, 1.82) is 0 Å². The number of furan rings is 1. The van der Waals surface area contributed by atoms with Gasteiger partial charge in [0, 0.05) is 17.0 Å². The lowest BCUT2D eigenvalue weighted by molar-refractivity contribution is -0.142. The molecule has 0 saturated carbocycles. The van der Waals surface area contributed by atoms with Crippen LogP contribution in [0.3, 0.4) is 0 Å². The van der Waals surface area contributed by atoms with Gasteiger partial charge in [-0.15, -0.1) is 0 Å². The quantitative estimate of drug-likeness (QED) is 0.415. The molecule has 176 valence electrons. The second-order valence-corrected chi connectivity index (χ2v) is 9.13. The van der Waals surface area contributed by atoms with Crippen LogP contribution in [0.25, 0.3) is 11.0 Å². The minimum atomic E-state index is -0.600. The molecule has 1 aromatic heterocycles. The molecule has 0 amide bonds. The second-order valence-electron chi connectivity index (χ2n) is 9.13. The van der Waals surface area contributed by atoms with E-state index in [-0.39, 0.29) is 19.6 Å². The van der Waals surface area contributed by atoms with Crippen molar-refractivity contribution in [2.75, 3.05) is 6.61 Å². The predicted molar refractivity (Wildman–Crippen MR) is 120 cm³/mol. The van der Waals surface area contributed by atoms with Crippen LogP contribution in [0.1, 0.15) is 57.6 Å². The van der Waals surface area contributed by atoms with Crippen molar-refractivity contribution >= 4 is 16.9 Å². The first-order valence-electron chi connectivity index (χ1n) is 11.0. The van der Waals surface area contributed by atoms with E-state index in [9.17, 15) is 9.18 Å². The van der Waals surface area contributed by atoms with Crippen LogP contribution >= 0.6 is 0 Å². The van der Waals surface area contributed by atoms with Gasteiger partial charge in [-0.25, -0.2) is 4.39 Å². The summed E-state index contributed by atoms with van der Waals surface area (Å²) in [6.07, 6.45) is 1.02. The van der Waals surface area contributed by atoms with Gasteiger partial charge in [-0.1, -0.05) is 6.07 Å². The van der Waals surface area contributed by atoms with Crippen LogP contribution in [0, 0.1) is 5.82 Å². The molecule has 0 radical (unpaired) electrons. The molecular weight excluding hydrogens is 427 g/mol. The maximum Gasteiger partial charge on any atom is 0.310 e. The Bertz CT molecular complexity index is 1150. The standard InChI is InChI=1S/C26H29FO6/c1-6-29-22(28)13-17-7-8-19(27)14-21(17)31-15-16-11-18-9-10-30-23(18)20(12-16)24-32-25(2,3)26(4,5)33-24/h7-12,14,24H,6,13,15H2,1-5H3. The van der Waals surface area contributed by atoms with E-state index in [1.165, 1.54) is 18.2 Å². The SMILES string of the molecule is CCOC(=O)Cc1ccc(F)cc1OCc1cc(C2OC(C)(C)C(C)(C)O2)c2occc2c1. The first-order valence-corrected chi connectivity index (χ1v) is 11.0.